The first kappa shape index (κ1) is 23.2. The van der Waals surface area contributed by atoms with Crippen molar-refractivity contribution in [2.45, 2.75) is 0 Å². The average molecular weight is 521 g/mol. The number of hydrogen-bond donors (Lipinski definition) is 0. The molecular formula is C34H21ClN4. The largest absolute Gasteiger partial charge is 0.256 e. The maximum atomic E-state index is 6.44. The van der Waals surface area contributed by atoms with Gasteiger partial charge in [-0.3, -0.25) is 4.98 Å². The molecule has 0 radical (unpaired) electrons. The van der Waals surface area contributed by atoms with Gasteiger partial charge < -0.3 is 0 Å². The molecule has 5 heteroatoms. The van der Waals surface area contributed by atoms with Crippen LogP contribution in [0, 0.1) is 0 Å². The van der Waals surface area contributed by atoms with Crippen LogP contribution in [0.4, 0.5) is 0 Å². The molecule has 39 heavy (non-hydrogen) atoms. The van der Waals surface area contributed by atoms with Crippen LogP contribution in [-0.2, 0) is 0 Å². The maximum Gasteiger partial charge on any atom is 0.226 e. The van der Waals surface area contributed by atoms with E-state index in [4.69, 9.17) is 16.6 Å². The summed E-state index contributed by atoms with van der Waals surface area (Å²) in [5, 5.41) is 4.75. The molecule has 0 spiro atoms. The minimum Gasteiger partial charge on any atom is -0.256 e. The number of fused-ring (bicyclic) bond motifs is 2. The van der Waals surface area contributed by atoms with Crippen molar-refractivity contribution in [2.24, 2.45) is 0 Å². The van der Waals surface area contributed by atoms with E-state index >= 15 is 0 Å². The van der Waals surface area contributed by atoms with Crippen LogP contribution in [0.1, 0.15) is 0 Å². The first-order chi connectivity index (χ1) is 19.2. The third-order valence-corrected chi connectivity index (χ3v) is 7.08. The summed E-state index contributed by atoms with van der Waals surface area (Å²) in [6.45, 7) is 0. The Bertz CT molecular complexity index is 1980. The molecule has 5 aromatic carbocycles. The van der Waals surface area contributed by atoms with E-state index in [2.05, 4.69) is 93.8 Å². The van der Waals surface area contributed by atoms with Crippen LogP contribution in [0.15, 0.2) is 128 Å². The summed E-state index contributed by atoms with van der Waals surface area (Å²) in [7, 11) is 0. The van der Waals surface area contributed by atoms with Crippen molar-refractivity contribution >= 4 is 33.1 Å². The molecule has 0 unspecified atom stereocenters. The molecule has 4 nitrogen and oxygen atoms in total. The van der Waals surface area contributed by atoms with Gasteiger partial charge >= 0.3 is 0 Å². The monoisotopic (exact) mass is 520 g/mol. The summed E-state index contributed by atoms with van der Waals surface area (Å²) in [5.41, 5.74) is 6.02. The predicted octanol–water partition coefficient (Wildman–Crippen LogP) is 8.89. The lowest BCUT2D eigenvalue weighted by Crippen LogP contribution is -1.97. The molecule has 0 bridgehead atoms. The fraction of sp³-hybridized carbons (Fsp3) is 0. The Hall–Kier alpha value is -4.93. The highest BCUT2D eigenvalue weighted by molar-refractivity contribution is 6.28. The van der Waals surface area contributed by atoms with Gasteiger partial charge in [-0.1, -0.05) is 97.1 Å². The van der Waals surface area contributed by atoms with Gasteiger partial charge in [-0.2, -0.15) is 9.97 Å². The van der Waals surface area contributed by atoms with Gasteiger partial charge in [0, 0.05) is 22.9 Å². The molecule has 7 aromatic rings. The summed E-state index contributed by atoms with van der Waals surface area (Å²) < 4.78 is 0. The molecule has 2 heterocycles. The van der Waals surface area contributed by atoms with E-state index < -0.39 is 0 Å². The Morgan fingerprint density at radius 2 is 1.13 bits per heavy atom. The van der Waals surface area contributed by atoms with Gasteiger partial charge in [0.2, 0.25) is 5.28 Å². The zero-order valence-electron chi connectivity index (χ0n) is 20.8. The van der Waals surface area contributed by atoms with E-state index in [1.807, 2.05) is 48.7 Å². The van der Waals surface area contributed by atoms with E-state index in [1.165, 1.54) is 10.8 Å². The van der Waals surface area contributed by atoms with E-state index in [0.29, 0.717) is 11.6 Å². The molecule has 0 saturated carbocycles. The van der Waals surface area contributed by atoms with Gasteiger partial charge in [0.15, 0.2) is 11.6 Å². The van der Waals surface area contributed by atoms with Crippen LogP contribution in [0.3, 0.4) is 0 Å². The predicted molar refractivity (Wildman–Crippen MR) is 159 cm³/mol. The van der Waals surface area contributed by atoms with E-state index in [0.717, 1.165) is 44.3 Å². The molecule has 0 N–H and O–H groups in total. The van der Waals surface area contributed by atoms with Gasteiger partial charge in [0.1, 0.15) is 0 Å². The molecule has 0 fully saturated rings. The number of rotatable bonds is 4. The zero-order chi connectivity index (χ0) is 26.2. The standard InChI is InChI=1S/C34H21ClN4/c35-34-38-32(25-12-5-10-23(20-25)28-14-6-9-22-8-1-2-13-27(22)28)37-33(39-34)26-17-18-29-24(21-26)11-7-15-30(29)31-16-3-4-19-36-31/h1-21H. The van der Waals surface area contributed by atoms with Crippen molar-refractivity contribution in [3.63, 3.8) is 0 Å². The Balaban J connectivity index is 1.30. The maximum absolute atomic E-state index is 6.44. The van der Waals surface area contributed by atoms with Crippen LogP contribution in [-0.4, -0.2) is 19.9 Å². The van der Waals surface area contributed by atoms with Crippen molar-refractivity contribution in [3.8, 4) is 45.2 Å². The summed E-state index contributed by atoms with van der Waals surface area (Å²) in [5.74, 6) is 1.07. The molecule has 0 aliphatic heterocycles. The minimum atomic E-state index is 0.160. The van der Waals surface area contributed by atoms with Crippen LogP contribution in [0.5, 0.6) is 0 Å². The molecule has 7 rings (SSSR count). The quantitative estimate of drug-likeness (QED) is 0.232. The number of aromatic nitrogens is 4. The lowest BCUT2D eigenvalue weighted by molar-refractivity contribution is 1.07. The molecule has 0 amide bonds. The summed E-state index contributed by atoms with van der Waals surface area (Å²) >= 11 is 6.44. The number of hydrogen-bond acceptors (Lipinski definition) is 4. The molecule has 0 atom stereocenters. The molecule has 0 aliphatic carbocycles. The lowest BCUT2D eigenvalue weighted by Gasteiger charge is -2.10. The van der Waals surface area contributed by atoms with Crippen molar-refractivity contribution < 1.29 is 0 Å². The number of nitrogens with zero attached hydrogens (tertiary/aromatic N) is 4. The Morgan fingerprint density at radius 3 is 1.97 bits per heavy atom. The topological polar surface area (TPSA) is 51.6 Å². The van der Waals surface area contributed by atoms with E-state index in [-0.39, 0.29) is 5.28 Å². The highest BCUT2D eigenvalue weighted by atomic mass is 35.5. The molecule has 2 aromatic heterocycles. The second kappa shape index (κ2) is 9.75. The Morgan fingerprint density at radius 1 is 0.462 bits per heavy atom. The van der Waals surface area contributed by atoms with Crippen molar-refractivity contribution in [1.82, 2.24) is 19.9 Å². The van der Waals surface area contributed by atoms with Crippen LogP contribution >= 0.6 is 11.6 Å². The van der Waals surface area contributed by atoms with Gasteiger partial charge in [0.05, 0.1) is 5.69 Å². The average Bonchev–Trinajstić information content (AvgIpc) is 3.00. The second-order valence-electron chi connectivity index (χ2n) is 9.32. The minimum absolute atomic E-state index is 0.160. The van der Waals surface area contributed by atoms with Gasteiger partial charge in [-0.15, -0.1) is 0 Å². The number of pyridine rings is 1. The van der Waals surface area contributed by atoms with Crippen molar-refractivity contribution in [3.05, 3.63) is 133 Å². The Kier molecular flexibility index (Phi) is 5.80. The first-order valence-electron chi connectivity index (χ1n) is 12.7. The van der Waals surface area contributed by atoms with Crippen LogP contribution < -0.4 is 0 Å². The zero-order valence-corrected chi connectivity index (χ0v) is 21.5. The summed E-state index contributed by atoms with van der Waals surface area (Å²) in [6, 6.07) is 41.4. The second-order valence-corrected chi connectivity index (χ2v) is 9.65. The summed E-state index contributed by atoms with van der Waals surface area (Å²) in [6.07, 6.45) is 1.81. The third-order valence-electron chi connectivity index (χ3n) is 6.91. The van der Waals surface area contributed by atoms with Crippen LogP contribution in [0.2, 0.25) is 5.28 Å². The number of halogens is 1. The van der Waals surface area contributed by atoms with Crippen LogP contribution in [0.25, 0.3) is 66.7 Å². The molecular weight excluding hydrogens is 500 g/mol. The van der Waals surface area contributed by atoms with E-state index in [1.54, 1.807) is 0 Å². The smallest absolute Gasteiger partial charge is 0.226 e. The highest BCUT2D eigenvalue weighted by Crippen LogP contribution is 2.33. The molecule has 0 aliphatic rings. The fourth-order valence-electron chi connectivity index (χ4n) is 5.08. The highest BCUT2D eigenvalue weighted by Gasteiger charge is 2.13. The number of benzene rings is 5. The molecule has 0 saturated heterocycles. The van der Waals surface area contributed by atoms with Gasteiger partial charge in [-0.05, 0) is 68.5 Å². The van der Waals surface area contributed by atoms with Crippen molar-refractivity contribution in [1.29, 1.82) is 0 Å². The van der Waals surface area contributed by atoms with Gasteiger partial charge in [0.25, 0.3) is 0 Å². The van der Waals surface area contributed by atoms with Gasteiger partial charge in [-0.25, -0.2) is 4.98 Å². The first-order valence-corrected chi connectivity index (χ1v) is 13.1. The molecule has 184 valence electrons. The van der Waals surface area contributed by atoms with E-state index in [9.17, 15) is 0 Å². The summed E-state index contributed by atoms with van der Waals surface area (Å²) in [4.78, 5) is 18.3. The SMILES string of the molecule is Clc1nc(-c2cccc(-c3cccc4ccccc34)c2)nc(-c2ccc3c(-c4ccccn4)cccc3c2)n1. The Labute approximate surface area is 230 Å². The fourth-order valence-corrected chi connectivity index (χ4v) is 5.24. The lowest BCUT2D eigenvalue weighted by atomic mass is 9.97. The normalized spacial score (nSPS) is 11.2. The third kappa shape index (κ3) is 4.41. The van der Waals surface area contributed by atoms with Crippen molar-refractivity contribution in [2.75, 3.05) is 0 Å².